The molecule has 3 heterocycles. The second kappa shape index (κ2) is 9.85. The quantitative estimate of drug-likeness (QED) is 0.601. The van der Waals surface area contributed by atoms with Gasteiger partial charge in [0.25, 0.3) is 0 Å². The van der Waals surface area contributed by atoms with Crippen LogP contribution in [0.2, 0.25) is 0 Å². The summed E-state index contributed by atoms with van der Waals surface area (Å²) in [4.78, 5) is 3.55. The van der Waals surface area contributed by atoms with E-state index in [2.05, 4.69) is 40.4 Å². The average Bonchev–Trinajstić information content (AvgIpc) is 3.13. The highest BCUT2D eigenvalue weighted by Crippen LogP contribution is 2.39. The molecule has 6 heteroatoms. The van der Waals surface area contributed by atoms with Crippen molar-refractivity contribution >= 4 is 11.0 Å². The summed E-state index contributed by atoms with van der Waals surface area (Å²) in [6.45, 7) is 6.12. The van der Waals surface area contributed by atoms with Crippen molar-refractivity contribution < 1.29 is 9.84 Å². The Labute approximate surface area is 172 Å². The number of nitrogens with one attached hydrogen (secondary N) is 2. The normalized spacial score (nSPS) is 15.7. The van der Waals surface area contributed by atoms with E-state index in [0.29, 0.717) is 23.1 Å². The van der Waals surface area contributed by atoms with Gasteiger partial charge in [0.05, 0.1) is 5.69 Å². The molecular weight excluding hydrogens is 364 g/mol. The fourth-order valence-electron chi connectivity index (χ4n) is 3.89. The fraction of sp³-hybridized carbons (Fsp3) is 0.478. The first-order valence-electron chi connectivity index (χ1n) is 10.4. The van der Waals surface area contributed by atoms with Crippen molar-refractivity contribution in [3.05, 3.63) is 41.6 Å². The molecule has 156 valence electrons. The van der Waals surface area contributed by atoms with Gasteiger partial charge in [0.15, 0.2) is 5.65 Å². The van der Waals surface area contributed by atoms with Crippen molar-refractivity contribution in [1.29, 1.82) is 0 Å². The summed E-state index contributed by atoms with van der Waals surface area (Å²) in [5.74, 6) is 1.14. The summed E-state index contributed by atoms with van der Waals surface area (Å²) in [6, 6.07) is 9.34. The molecular formula is C23H32N4O2. The van der Waals surface area contributed by atoms with E-state index in [4.69, 9.17) is 4.74 Å². The van der Waals surface area contributed by atoms with E-state index < -0.39 is 0 Å². The molecule has 3 N–H and O–H groups in total. The summed E-state index contributed by atoms with van der Waals surface area (Å²) in [5.41, 5.74) is 4.90. The number of aromatic hydroxyl groups is 1. The maximum atomic E-state index is 10.2. The molecule has 1 saturated heterocycles. The maximum Gasteiger partial charge on any atom is 0.160 e. The Hall–Kier alpha value is -2.44. The standard InChI is InChI=1S/C21H25N3O2.C2H7N/c1-3-13(2)19-16-12-17(15-6-4-5-7-18(15)25)23-24-21(16)22-20(19)14-8-10-26-11-9-14;1-3-2/h4-7,12-14,25H,3,8-11H2,1-2H3,(H,22,24);3H,1-2H3. The molecule has 29 heavy (non-hydrogen) atoms. The van der Waals surface area contributed by atoms with E-state index in [1.165, 1.54) is 11.3 Å². The van der Waals surface area contributed by atoms with Gasteiger partial charge >= 0.3 is 0 Å². The minimum Gasteiger partial charge on any atom is -0.507 e. The Balaban J connectivity index is 0.000000755. The summed E-state index contributed by atoms with van der Waals surface area (Å²) in [6.07, 6.45) is 3.14. The predicted octanol–water partition coefficient (Wildman–Crippen LogP) is 4.57. The number of phenols is 1. The number of hydrogen-bond donors (Lipinski definition) is 3. The Morgan fingerprint density at radius 2 is 1.90 bits per heavy atom. The molecule has 1 fully saturated rings. The van der Waals surface area contributed by atoms with Crippen molar-refractivity contribution in [1.82, 2.24) is 20.5 Å². The molecule has 2 aromatic heterocycles. The van der Waals surface area contributed by atoms with E-state index in [1.807, 2.05) is 32.3 Å². The van der Waals surface area contributed by atoms with Crippen LogP contribution in [0.5, 0.6) is 5.75 Å². The minimum atomic E-state index is 0.228. The number of benzene rings is 1. The number of aromatic nitrogens is 3. The summed E-state index contributed by atoms with van der Waals surface area (Å²) in [5, 5.41) is 22.9. The van der Waals surface area contributed by atoms with Gasteiger partial charge in [-0.2, -0.15) is 0 Å². The lowest BCUT2D eigenvalue weighted by Gasteiger charge is -2.24. The SMILES string of the molecule is CCC(C)c1c(C2CCOCC2)[nH]c2nnc(-c3ccccc3O)cc12.CNC. The molecule has 1 aliphatic heterocycles. The molecule has 0 spiro atoms. The molecule has 3 aromatic rings. The van der Waals surface area contributed by atoms with E-state index in [0.717, 1.165) is 43.5 Å². The van der Waals surface area contributed by atoms with Crippen LogP contribution >= 0.6 is 0 Å². The van der Waals surface area contributed by atoms with Gasteiger partial charge in [-0.15, -0.1) is 10.2 Å². The summed E-state index contributed by atoms with van der Waals surface area (Å²) >= 11 is 0. The maximum absolute atomic E-state index is 10.2. The second-order valence-corrected chi connectivity index (χ2v) is 7.66. The van der Waals surface area contributed by atoms with Gasteiger partial charge in [0.1, 0.15) is 5.75 Å². The van der Waals surface area contributed by atoms with Crippen LogP contribution in [0.1, 0.15) is 56.2 Å². The number of ether oxygens (including phenoxy) is 1. The first-order valence-corrected chi connectivity index (χ1v) is 10.4. The van der Waals surface area contributed by atoms with E-state index in [1.54, 1.807) is 6.07 Å². The number of phenolic OH excluding ortho intramolecular Hbond substituents is 1. The lowest BCUT2D eigenvalue weighted by molar-refractivity contribution is 0.0844. The first kappa shape index (κ1) is 21.3. The number of nitrogens with zero attached hydrogens (tertiary/aromatic N) is 2. The third kappa shape index (κ3) is 4.60. The van der Waals surface area contributed by atoms with Gasteiger partial charge in [-0.3, -0.25) is 0 Å². The Bertz CT molecular complexity index is 932. The lowest BCUT2D eigenvalue weighted by atomic mass is 9.87. The van der Waals surface area contributed by atoms with Crippen LogP contribution in [0, 0.1) is 0 Å². The van der Waals surface area contributed by atoms with Crippen LogP contribution in [0.15, 0.2) is 30.3 Å². The third-order valence-electron chi connectivity index (χ3n) is 5.54. The number of hydrogen-bond acceptors (Lipinski definition) is 5. The predicted molar refractivity (Wildman–Crippen MR) is 117 cm³/mol. The molecule has 4 rings (SSSR count). The lowest BCUT2D eigenvalue weighted by Crippen LogP contribution is -2.16. The van der Waals surface area contributed by atoms with E-state index in [-0.39, 0.29) is 5.75 Å². The largest absolute Gasteiger partial charge is 0.507 e. The highest BCUT2D eigenvalue weighted by Gasteiger charge is 2.25. The van der Waals surface area contributed by atoms with Crippen molar-refractivity contribution in [2.45, 2.75) is 44.9 Å². The van der Waals surface area contributed by atoms with Gasteiger partial charge < -0.3 is 20.1 Å². The second-order valence-electron chi connectivity index (χ2n) is 7.66. The number of aromatic amines is 1. The summed E-state index contributed by atoms with van der Waals surface area (Å²) in [7, 11) is 3.75. The molecule has 1 aliphatic rings. The van der Waals surface area contributed by atoms with Crippen LogP contribution < -0.4 is 5.32 Å². The monoisotopic (exact) mass is 396 g/mol. The number of rotatable bonds is 4. The molecule has 0 bridgehead atoms. The number of para-hydroxylation sites is 1. The van der Waals surface area contributed by atoms with Crippen LogP contribution in [0.3, 0.4) is 0 Å². The molecule has 0 aliphatic carbocycles. The van der Waals surface area contributed by atoms with Crippen LogP contribution in [-0.4, -0.2) is 47.6 Å². The number of H-pyrrole nitrogens is 1. The van der Waals surface area contributed by atoms with E-state index >= 15 is 0 Å². The topological polar surface area (TPSA) is 83.1 Å². The zero-order valence-corrected chi connectivity index (χ0v) is 17.8. The van der Waals surface area contributed by atoms with E-state index in [9.17, 15) is 5.11 Å². The first-order chi connectivity index (χ1) is 14.1. The molecule has 0 amide bonds. The molecule has 1 aromatic carbocycles. The van der Waals surface area contributed by atoms with Gasteiger partial charge in [0.2, 0.25) is 0 Å². The fourth-order valence-corrected chi connectivity index (χ4v) is 3.89. The Morgan fingerprint density at radius 3 is 2.55 bits per heavy atom. The van der Waals surface area contributed by atoms with Gasteiger partial charge in [-0.05, 0) is 63.0 Å². The van der Waals surface area contributed by atoms with Crippen molar-refractivity contribution in [2.24, 2.45) is 0 Å². The number of fused-ring (bicyclic) bond motifs is 1. The van der Waals surface area contributed by atoms with Crippen molar-refractivity contribution in [2.75, 3.05) is 27.3 Å². The zero-order valence-electron chi connectivity index (χ0n) is 17.8. The molecule has 0 radical (unpaired) electrons. The zero-order chi connectivity index (χ0) is 20.8. The van der Waals surface area contributed by atoms with Crippen molar-refractivity contribution in [3.8, 4) is 17.0 Å². The molecule has 1 unspecified atom stereocenters. The summed E-state index contributed by atoms with van der Waals surface area (Å²) < 4.78 is 5.54. The van der Waals surface area contributed by atoms with Crippen LogP contribution in [0.25, 0.3) is 22.3 Å². The van der Waals surface area contributed by atoms with Crippen LogP contribution in [0.4, 0.5) is 0 Å². The molecule has 0 saturated carbocycles. The Morgan fingerprint density at radius 1 is 1.21 bits per heavy atom. The minimum absolute atomic E-state index is 0.228. The molecule has 6 nitrogen and oxygen atoms in total. The average molecular weight is 397 g/mol. The smallest absolute Gasteiger partial charge is 0.160 e. The van der Waals surface area contributed by atoms with Crippen LogP contribution in [-0.2, 0) is 4.74 Å². The highest BCUT2D eigenvalue weighted by molar-refractivity contribution is 5.86. The van der Waals surface area contributed by atoms with Gasteiger partial charge in [-0.25, -0.2) is 0 Å². The highest BCUT2D eigenvalue weighted by atomic mass is 16.5. The molecule has 1 atom stereocenters. The van der Waals surface area contributed by atoms with Gasteiger partial charge in [0, 0.05) is 35.8 Å². The third-order valence-corrected chi connectivity index (χ3v) is 5.54. The Kier molecular flexibility index (Phi) is 7.23. The van der Waals surface area contributed by atoms with Crippen molar-refractivity contribution in [3.63, 3.8) is 0 Å². The van der Waals surface area contributed by atoms with Gasteiger partial charge in [-0.1, -0.05) is 26.0 Å².